The zero-order chi connectivity index (χ0) is 19.4. The minimum atomic E-state index is -0.443. The Balaban J connectivity index is 2.10. The van der Waals surface area contributed by atoms with Crippen molar-refractivity contribution in [3.63, 3.8) is 0 Å². The molecule has 0 atom stereocenters. The van der Waals surface area contributed by atoms with E-state index in [9.17, 15) is 9.90 Å². The summed E-state index contributed by atoms with van der Waals surface area (Å²) in [6.07, 6.45) is 0. The van der Waals surface area contributed by atoms with E-state index in [2.05, 4.69) is 10.3 Å². The van der Waals surface area contributed by atoms with E-state index in [4.69, 9.17) is 4.74 Å². The van der Waals surface area contributed by atoms with E-state index >= 15 is 0 Å². The fourth-order valence-electron chi connectivity index (χ4n) is 2.81. The summed E-state index contributed by atoms with van der Waals surface area (Å²) in [4.78, 5) is 18.6. The van der Waals surface area contributed by atoms with Crippen molar-refractivity contribution in [1.29, 1.82) is 0 Å². The average molecular weight is 364 g/mol. The third-order valence-corrected chi connectivity index (χ3v) is 3.96. The van der Waals surface area contributed by atoms with E-state index in [1.807, 2.05) is 55.4 Å². The van der Waals surface area contributed by atoms with Gasteiger partial charge in [0.25, 0.3) is 5.91 Å². The molecule has 1 heterocycles. The van der Waals surface area contributed by atoms with Gasteiger partial charge < -0.3 is 20.1 Å². The molecule has 0 aliphatic carbocycles. The molecule has 2 aromatic carbocycles. The fraction of sp³-hybridized carbons (Fsp3) is 0.190. The predicted octanol–water partition coefficient (Wildman–Crippen LogP) is 3.71. The number of aromatic nitrogens is 1. The smallest absolute Gasteiger partial charge is 0.274 e. The second-order valence-electron chi connectivity index (χ2n) is 6.38. The summed E-state index contributed by atoms with van der Waals surface area (Å²) in [6.45, 7) is 3.72. The van der Waals surface area contributed by atoms with E-state index in [1.54, 1.807) is 19.1 Å². The van der Waals surface area contributed by atoms with Crippen LogP contribution in [0.1, 0.15) is 23.1 Å². The Morgan fingerprint density at radius 1 is 1.15 bits per heavy atom. The van der Waals surface area contributed by atoms with Crippen molar-refractivity contribution >= 4 is 16.7 Å². The van der Waals surface area contributed by atoms with Crippen LogP contribution < -0.4 is 10.1 Å². The monoisotopic (exact) mass is 364 g/mol. The molecule has 0 saturated heterocycles. The number of nitrogens with one attached hydrogen (secondary N) is 1. The molecular formula is C21H22N3O3. The molecule has 3 aromatic rings. The lowest BCUT2D eigenvalue weighted by Crippen LogP contribution is -2.22. The van der Waals surface area contributed by atoms with Gasteiger partial charge in [-0.1, -0.05) is 18.2 Å². The Kier molecular flexibility index (Phi) is 5.57. The van der Waals surface area contributed by atoms with Crippen molar-refractivity contribution in [2.45, 2.75) is 13.5 Å². The second kappa shape index (κ2) is 8.05. The van der Waals surface area contributed by atoms with Crippen LogP contribution in [0.2, 0.25) is 0 Å². The molecule has 0 unspecified atom stereocenters. The zero-order valence-electron chi connectivity index (χ0n) is 15.6. The lowest BCUT2D eigenvalue weighted by molar-refractivity contribution is 0.0956. The summed E-state index contributed by atoms with van der Waals surface area (Å²) in [5, 5.41) is 14.5. The number of rotatable bonds is 6. The number of carbonyl (C=O) groups excluding carboxylic acids is 1. The summed E-state index contributed by atoms with van der Waals surface area (Å²) < 4.78 is 5.90. The number of hydrogen-bond donors (Lipinski definition) is 2. The van der Waals surface area contributed by atoms with Crippen molar-refractivity contribution in [1.82, 2.24) is 15.2 Å². The zero-order valence-corrected chi connectivity index (χ0v) is 15.6. The van der Waals surface area contributed by atoms with Crippen molar-refractivity contribution < 1.29 is 14.6 Å². The highest BCUT2D eigenvalue weighted by Gasteiger charge is 2.19. The van der Waals surface area contributed by atoms with Crippen molar-refractivity contribution in [2.75, 3.05) is 14.1 Å². The summed E-state index contributed by atoms with van der Waals surface area (Å²) in [7, 11) is 3.84. The fourth-order valence-corrected chi connectivity index (χ4v) is 2.81. The first-order valence-corrected chi connectivity index (χ1v) is 8.61. The van der Waals surface area contributed by atoms with E-state index in [-0.39, 0.29) is 11.4 Å². The van der Waals surface area contributed by atoms with Gasteiger partial charge in [-0.15, -0.1) is 0 Å². The molecular weight excluding hydrogens is 342 g/mol. The normalized spacial score (nSPS) is 11.0. The van der Waals surface area contributed by atoms with E-state index in [0.717, 1.165) is 11.1 Å². The number of nitrogens with zero attached hydrogens (tertiary/aromatic N) is 2. The first-order chi connectivity index (χ1) is 13.0. The van der Waals surface area contributed by atoms with E-state index in [0.29, 0.717) is 23.4 Å². The van der Waals surface area contributed by atoms with Crippen LogP contribution >= 0.6 is 0 Å². The van der Waals surface area contributed by atoms with Crippen LogP contribution in [-0.2, 0) is 6.54 Å². The van der Waals surface area contributed by atoms with Crippen LogP contribution in [0.25, 0.3) is 10.8 Å². The third kappa shape index (κ3) is 4.17. The molecule has 3 rings (SSSR count). The van der Waals surface area contributed by atoms with Crippen LogP contribution in [0.5, 0.6) is 17.2 Å². The standard InChI is InChI=1S/C21H22N3O3/c1-4-22-21(26)19-20(25)16-11-10-15(27-14-8-6-5-7-9-14)12-17(16)18(23-19)13-24(2)3/h4-12,25H,13H2,1-3H3,(H,22,26). The van der Waals surface area contributed by atoms with Gasteiger partial charge in [0.05, 0.1) is 5.69 Å². The number of para-hydroxylation sites is 1. The van der Waals surface area contributed by atoms with Gasteiger partial charge in [-0.05, 0) is 51.4 Å². The van der Waals surface area contributed by atoms with Gasteiger partial charge in [-0.2, -0.15) is 0 Å². The van der Waals surface area contributed by atoms with Crippen LogP contribution in [0.15, 0.2) is 48.5 Å². The number of carbonyl (C=O) groups is 1. The van der Waals surface area contributed by atoms with Gasteiger partial charge in [0.1, 0.15) is 11.5 Å². The summed E-state index contributed by atoms with van der Waals surface area (Å²) in [6, 6.07) is 14.8. The van der Waals surface area contributed by atoms with Crippen LogP contribution in [-0.4, -0.2) is 35.0 Å². The molecule has 6 nitrogen and oxygen atoms in total. The maximum Gasteiger partial charge on any atom is 0.274 e. The number of hydrogen-bond acceptors (Lipinski definition) is 5. The van der Waals surface area contributed by atoms with Crippen LogP contribution in [0, 0.1) is 6.54 Å². The second-order valence-corrected chi connectivity index (χ2v) is 6.38. The lowest BCUT2D eigenvalue weighted by Gasteiger charge is -2.16. The van der Waals surface area contributed by atoms with Gasteiger partial charge in [0.2, 0.25) is 0 Å². The maximum absolute atomic E-state index is 12.3. The molecule has 1 radical (unpaired) electrons. The first kappa shape index (κ1) is 18.7. The largest absolute Gasteiger partial charge is 0.505 e. The molecule has 0 spiro atoms. The molecule has 6 heteroatoms. The third-order valence-electron chi connectivity index (χ3n) is 3.96. The molecule has 2 N–H and O–H groups in total. The summed E-state index contributed by atoms with van der Waals surface area (Å²) in [5.41, 5.74) is 0.696. The maximum atomic E-state index is 12.3. The predicted molar refractivity (Wildman–Crippen MR) is 105 cm³/mol. The van der Waals surface area contributed by atoms with Crippen molar-refractivity contribution in [2.24, 2.45) is 0 Å². The molecule has 0 fully saturated rings. The van der Waals surface area contributed by atoms with Gasteiger partial charge in [-0.25, -0.2) is 4.98 Å². The number of fused-ring (bicyclic) bond motifs is 1. The summed E-state index contributed by atoms with van der Waals surface area (Å²) in [5.74, 6) is 0.770. The minimum Gasteiger partial charge on any atom is -0.505 e. The Labute approximate surface area is 158 Å². The van der Waals surface area contributed by atoms with Crippen molar-refractivity contribution in [3.05, 3.63) is 66.5 Å². The van der Waals surface area contributed by atoms with Gasteiger partial charge in [0.15, 0.2) is 11.4 Å². The number of amides is 1. The highest BCUT2D eigenvalue weighted by Crippen LogP contribution is 2.34. The van der Waals surface area contributed by atoms with Crippen LogP contribution in [0.3, 0.4) is 0 Å². The Morgan fingerprint density at radius 3 is 2.56 bits per heavy atom. The Bertz CT molecular complexity index is 956. The minimum absolute atomic E-state index is 0.00850. The number of aromatic hydroxyl groups is 1. The Morgan fingerprint density at radius 2 is 1.89 bits per heavy atom. The molecule has 1 amide bonds. The highest BCUT2D eigenvalue weighted by atomic mass is 16.5. The number of ether oxygens (including phenoxy) is 1. The van der Waals surface area contributed by atoms with Crippen LogP contribution in [0.4, 0.5) is 0 Å². The van der Waals surface area contributed by atoms with Gasteiger partial charge >= 0.3 is 0 Å². The Hall–Kier alpha value is -3.12. The lowest BCUT2D eigenvalue weighted by atomic mass is 10.1. The number of pyridine rings is 1. The van der Waals surface area contributed by atoms with Gasteiger partial charge in [0, 0.05) is 23.9 Å². The molecule has 0 aliphatic heterocycles. The molecule has 139 valence electrons. The number of benzene rings is 2. The molecule has 0 bridgehead atoms. The van der Waals surface area contributed by atoms with Gasteiger partial charge in [-0.3, -0.25) is 4.79 Å². The van der Waals surface area contributed by atoms with E-state index < -0.39 is 5.91 Å². The average Bonchev–Trinajstić information content (AvgIpc) is 2.64. The molecule has 27 heavy (non-hydrogen) atoms. The molecule has 0 saturated carbocycles. The summed E-state index contributed by atoms with van der Waals surface area (Å²) >= 11 is 0. The SMILES string of the molecule is C[CH]NC(=O)c1nc(CN(C)C)c2cc(Oc3ccccc3)ccc2c1O. The first-order valence-electron chi connectivity index (χ1n) is 8.61. The van der Waals surface area contributed by atoms with E-state index in [1.165, 1.54) is 6.54 Å². The topological polar surface area (TPSA) is 74.7 Å². The quantitative estimate of drug-likeness (QED) is 0.697. The van der Waals surface area contributed by atoms with Crippen molar-refractivity contribution in [3.8, 4) is 17.2 Å². The molecule has 1 aromatic heterocycles. The highest BCUT2D eigenvalue weighted by molar-refractivity contribution is 6.02. The molecule has 0 aliphatic rings.